The molecule has 5 rings (SSSR count). The molecule has 1 fully saturated rings. The van der Waals surface area contributed by atoms with Gasteiger partial charge in [0.25, 0.3) is 0 Å². The van der Waals surface area contributed by atoms with Crippen molar-refractivity contribution in [3.8, 4) is 11.1 Å². The molecule has 0 atom stereocenters. The van der Waals surface area contributed by atoms with Crippen LogP contribution in [0.5, 0.6) is 0 Å². The van der Waals surface area contributed by atoms with Gasteiger partial charge in [-0.05, 0) is 68.1 Å². The molecule has 38 heavy (non-hydrogen) atoms. The van der Waals surface area contributed by atoms with Gasteiger partial charge in [-0.3, -0.25) is 0 Å². The first kappa shape index (κ1) is 25.9. The Morgan fingerprint density at radius 3 is 2.79 bits per heavy atom. The van der Waals surface area contributed by atoms with Crippen LogP contribution in [-0.2, 0) is 9.47 Å². The van der Waals surface area contributed by atoms with Gasteiger partial charge in [0.1, 0.15) is 17.3 Å². The number of esters is 1. The summed E-state index contributed by atoms with van der Waals surface area (Å²) in [4.78, 5) is 21.9. The molecule has 2 heterocycles. The fourth-order valence-electron chi connectivity index (χ4n) is 4.41. The van der Waals surface area contributed by atoms with Crippen LogP contribution in [0.15, 0.2) is 48.7 Å². The van der Waals surface area contributed by atoms with Gasteiger partial charge in [-0.15, -0.1) is 0 Å². The second-order valence-corrected chi connectivity index (χ2v) is 9.51. The molecule has 10 heteroatoms. The highest BCUT2D eigenvalue weighted by Crippen LogP contribution is 2.41. The number of hydrogen-bond acceptors (Lipinski definition) is 7. The Balaban J connectivity index is 1.50. The van der Waals surface area contributed by atoms with E-state index in [1.54, 1.807) is 19.4 Å². The average molecular weight is 538 g/mol. The van der Waals surface area contributed by atoms with Gasteiger partial charge in [-0.25, -0.2) is 14.2 Å². The van der Waals surface area contributed by atoms with Crippen LogP contribution in [0.1, 0.15) is 42.7 Å². The molecule has 8 nitrogen and oxygen atoms in total. The Labute approximate surface area is 225 Å². The number of fused-ring (bicyclic) bond motifs is 1. The van der Waals surface area contributed by atoms with Crippen LogP contribution >= 0.6 is 11.6 Å². The fourth-order valence-corrected chi connectivity index (χ4v) is 4.59. The van der Waals surface area contributed by atoms with Crippen molar-refractivity contribution in [1.82, 2.24) is 14.5 Å². The first-order chi connectivity index (χ1) is 18.5. The molecule has 1 aliphatic carbocycles. The summed E-state index contributed by atoms with van der Waals surface area (Å²) in [6.07, 6.45) is 4.64. The van der Waals surface area contributed by atoms with E-state index in [9.17, 15) is 9.18 Å². The molecule has 2 aromatic carbocycles. The molecule has 0 unspecified atom stereocenters. The number of anilines is 3. The Kier molecular flexibility index (Phi) is 7.76. The van der Waals surface area contributed by atoms with Crippen LogP contribution < -0.4 is 10.6 Å². The van der Waals surface area contributed by atoms with Gasteiger partial charge < -0.3 is 24.7 Å². The Bertz CT molecular complexity index is 1470. The van der Waals surface area contributed by atoms with Gasteiger partial charge >= 0.3 is 5.97 Å². The molecule has 0 amide bonds. The van der Waals surface area contributed by atoms with Crippen LogP contribution in [0.3, 0.4) is 0 Å². The highest BCUT2D eigenvalue weighted by Gasteiger charge is 2.30. The summed E-state index contributed by atoms with van der Waals surface area (Å²) in [6.45, 7) is 3.40. The number of rotatable bonds is 11. The molecule has 2 aromatic heterocycles. The summed E-state index contributed by atoms with van der Waals surface area (Å²) < 4.78 is 26.2. The zero-order chi connectivity index (χ0) is 26.6. The van der Waals surface area contributed by atoms with Crippen molar-refractivity contribution in [2.45, 2.75) is 32.2 Å². The van der Waals surface area contributed by atoms with E-state index < -0.39 is 5.82 Å². The molecule has 0 aliphatic heterocycles. The minimum absolute atomic E-state index is 0.0122. The number of carbonyl (C=O) groups is 1. The maximum Gasteiger partial charge on any atom is 0.354 e. The average Bonchev–Trinajstić information content (AvgIpc) is 3.68. The number of nitrogens with zero attached hydrogens (tertiary/aromatic N) is 3. The van der Waals surface area contributed by atoms with Crippen molar-refractivity contribution in [2.75, 3.05) is 37.5 Å². The van der Waals surface area contributed by atoms with Crippen molar-refractivity contribution >= 4 is 45.9 Å². The molecule has 0 radical (unpaired) electrons. The van der Waals surface area contributed by atoms with Crippen molar-refractivity contribution in [3.63, 3.8) is 0 Å². The van der Waals surface area contributed by atoms with Crippen LogP contribution in [0.2, 0.25) is 5.02 Å². The number of nitrogens with one attached hydrogen (secondary N) is 2. The molecule has 198 valence electrons. The highest BCUT2D eigenvalue weighted by atomic mass is 35.5. The lowest BCUT2D eigenvalue weighted by atomic mass is 10.1. The summed E-state index contributed by atoms with van der Waals surface area (Å²) in [7, 11) is 1.67. The van der Waals surface area contributed by atoms with E-state index in [2.05, 4.69) is 20.2 Å². The SMILES string of the molecule is CCOC(=O)c1cc2cc(-c3cnc(Nc4ccc(F)c(Cl)c4)nc3NCCCOC)ccc2n1C1CC1. The molecule has 4 aromatic rings. The first-order valence-electron chi connectivity index (χ1n) is 12.6. The van der Waals surface area contributed by atoms with Crippen molar-refractivity contribution in [2.24, 2.45) is 0 Å². The monoisotopic (exact) mass is 537 g/mol. The summed E-state index contributed by atoms with van der Waals surface area (Å²) in [5.41, 5.74) is 3.87. The lowest BCUT2D eigenvalue weighted by Crippen LogP contribution is -2.11. The zero-order valence-corrected chi connectivity index (χ0v) is 22.0. The maximum absolute atomic E-state index is 13.6. The van der Waals surface area contributed by atoms with Crippen molar-refractivity contribution < 1.29 is 18.7 Å². The third-order valence-electron chi connectivity index (χ3n) is 6.33. The van der Waals surface area contributed by atoms with E-state index >= 15 is 0 Å². The van der Waals surface area contributed by atoms with Crippen molar-refractivity contribution in [1.29, 1.82) is 0 Å². The lowest BCUT2D eigenvalue weighted by Gasteiger charge is -2.14. The largest absolute Gasteiger partial charge is 0.461 e. The lowest BCUT2D eigenvalue weighted by molar-refractivity contribution is 0.0514. The summed E-state index contributed by atoms with van der Waals surface area (Å²) in [6, 6.07) is 12.7. The number of ether oxygens (including phenoxy) is 2. The minimum atomic E-state index is -0.494. The van der Waals surface area contributed by atoms with Gasteiger partial charge in [0, 0.05) is 54.7 Å². The standard InChI is InChI=1S/C28H29ClFN5O3/c1-3-38-27(36)25-14-18-13-17(5-10-24(18)35(25)20-7-8-20)21-16-32-28(34-26(21)31-11-4-12-37-2)33-19-6-9-23(30)22(29)15-19/h5-6,9-10,13-16,20H,3-4,7-8,11-12H2,1-2H3,(H2,31,32,33,34). The quantitative estimate of drug-likeness (QED) is 0.165. The van der Waals surface area contributed by atoms with E-state index in [1.807, 2.05) is 31.2 Å². The van der Waals surface area contributed by atoms with Crippen molar-refractivity contribution in [3.05, 3.63) is 65.2 Å². The zero-order valence-electron chi connectivity index (χ0n) is 21.3. The summed E-state index contributed by atoms with van der Waals surface area (Å²) in [5.74, 6) is 0.179. The molecular formula is C28H29ClFN5O3. The normalized spacial score (nSPS) is 13.1. The molecule has 2 N–H and O–H groups in total. The summed E-state index contributed by atoms with van der Waals surface area (Å²) >= 11 is 5.93. The van der Waals surface area contributed by atoms with Gasteiger partial charge in [-0.1, -0.05) is 17.7 Å². The van der Waals surface area contributed by atoms with E-state index in [1.165, 1.54) is 12.1 Å². The summed E-state index contributed by atoms with van der Waals surface area (Å²) in [5, 5.41) is 7.43. The highest BCUT2D eigenvalue weighted by molar-refractivity contribution is 6.31. The number of benzene rings is 2. The predicted octanol–water partition coefficient (Wildman–Crippen LogP) is 6.59. The van der Waals surface area contributed by atoms with Gasteiger partial charge in [0.15, 0.2) is 0 Å². The van der Waals surface area contributed by atoms with E-state index in [0.29, 0.717) is 48.9 Å². The molecular weight excluding hydrogens is 509 g/mol. The fraction of sp³-hybridized carbons (Fsp3) is 0.321. The molecule has 1 saturated carbocycles. The maximum atomic E-state index is 13.6. The van der Waals surface area contributed by atoms with Crippen LogP contribution in [0, 0.1) is 5.82 Å². The number of aromatic nitrogens is 3. The molecule has 0 bridgehead atoms. The Hall–Kier alpha value is -3.69. The third-order valence-corrected chi connectivity index (χ3v) is 6.62. The minimum Gasteiger partial charge on any atom is -0.461 e. The van der Waals surface area contributed by atoms with Crippen LogP contribution in [0.4, 0.5) is 21.8 Å². The van der Waals surface area contributed by atoms with Crippen LogP contribution in [0.25, 0.3) is 22.0 Å². The van der Waals surface area contributed by atoms with Crippen LogP contribution in [-0.4, -0.2) is 47.4 Å². The molecule has 1 aliphatic rings. The molecule has 0 spiro atoms. The smallest absolute Gasteiger partial charge is 0.354 e. The Morgan fingerprint density at radius 2 is 2.05 bits per heavy atom. The first-order valence-corrected chi connectivity index (χ1v) is 13.0. The number of hydrogen-bond donors (Lipinski definition) is 2. The number of halogens is 2. The number of methoxy groups -OCH3 is 1. The Morgan fingerprint density at radius 1 is 1.21 bits per heavy atom. The second-order valence-electron chi connectivity index (χ2n) is 9.11. The second kappa shape index (κ2) is 11.4. The predicted molar refractivity (Wildman–Crippen MR) is 147 cm³/mol. The van der Waals surface area contributed by atoms with Gasteiger partial charge in [0.2, 0.25) is 5.95 Å². The topological polar surface area (TPSA) is 90.3 Å². The third kappa shape index (κ3) is 5.58. The van der Waals surface area contributed by atoms with E-state index in [0.717, 1.165) is 41.3 Å². The number of carbonyl (C=O) groups excluding carboxylic acids is 1. The van der Waals surface area contributed by atoms with Gasteiger partial charge in [0.05, 0.1) is 11.6 Å². The van der Waals surface area contributed by atoms with E-state index in [4.69, 9.17) is 26.1 Å². The van der Waals surface area contributed by atoms with E-state index in [-0.39, 0.29) is 11.0 Å². The molecule has 0 saturated heterocycles. The van der Waals surface area contributed by atoms with Gasteiger partial charge in [-0.2, -0.15) is 4.98 Å².